The summed E-state index contributed by atoms with van der Waals surface area (Å²) in [6, 6.07) is 4.52. The molecule has 2 rings (SSSR count). The molecule has 0 atom stereocenters. The quantitative estimate of drug-likeness (QED) is 0.720. The van der Waals surface area contributed by atoms with E-state index in [1.807, 2.05) is 4.90 Å². The van der Waals surface area contributed by atoms with Crippen molar-refractivity contribution in [3.63, 3.8) is 0 Å². The molecule has 0 aromatic heterocycles. The molecule has 1 aliphatic heterocycles. The topological polar surface area (TPSA) is 107 Å². The molecule has 1 heterocycles. The molecule has 9 heteroatoms. The Morgan fingerprint density at radius 2 is 1.81 bits per heavy atom. The van der Waals surface area contributed by atoms with Crippen LogP contribution in [0.4, 0.5) is 5.69 Å². The molecule has 8 nitrogen and oxygen atoms in total. The van der Waals surface area contributed by atoms with Crippen LogP contribution in [0.3, 0.4) is 0 Å². The van der Waals surface area contributed by atoms with Gasteiger partial charge in [-0.05, 0) is 44.9 Å². The molecular weight excluding hydrogens is 370 g/mol. The maximum absolute atomic E-state index is 12.8. The molecule has 0 saturated carbocycles. The van der Waals surface area contributed by atoms with Gasteiger partial charge in [0.25, 0.3) is 5.91 Å². The van der Waals surface area contributed by atoms with E-state index in [0.717, 1.165) is 30.2 Å². The van der Waals surface area contributed by atoms with E-state index in [4.69, 9.17) is 0 Å². The summed E-state index contributed by atoms with van der Waals surface area (Å²) in [6.45, 7) is 4.56. The Morgan fingerprint density at radius 3 is 2.33 bits per heavy atom. The average molecular weight is 397 g/mol. The maximum Gasteiger partial charge on any atom is 0.310 e. The van der Waals surface area contributed by atoms with Gasteiger partial charge >= 0.3 is 5.97 Å². The van der Waals surface area contributed by atoms with Gasteiger partial charge in [-0.3, -0.25) is 9.59 Å². The number of carbonyl (C=O) groups is 2. The van der Waals surface area contributed by atoms with Crippen LogP contribution in [0, 0.1) is 5.41 Å². The Labute approximate surface area is 160 Å². The van der Waals surface area contributed by atoms with Crippen molar-refractivity contribution < 1.29 is 23.1 Å². The lowest BCUT2D eigenvalue weighted by Crippen LogP contribution is -2.39. The van der Waals surface area contributed by atoms with E-state index in [1.54, 1.807) is 6.07 Å². The molecule has 1 aromatic carbocycles. The first-order valence-corrected chi connectivity index (χ1v) is 10.2. The molecule has 1 amide bonds. The first-order chi connectivity index (χ1) is 12.5. The van der Waals surface area contributed by atoms with Crippen molar-refractivity contribution in [2.45, 2.75) is 31.6 Å². The molecule has 2 N–H and O–H groups in total. The summed E-state index contributed by atoms with van der Waals surface area (Å²) >= 11 is 0. The third kappa shape index (κ3) is 4.59. The van der Waals surface area contributed by atoms with Crippen LogP contribution in [0.2, 0.25) is 0 Å². The summed E-state index contributed by atoms with van der Waals surface area (Å²) in [4.78, 5) is 26.1. The second kappa shape index (κ2) is 7.85. The number of carboxylic acids is 1. The number of benzene rings is 1. The molecule has 27 heavy (non-hydrogen) atoms. The first kappa shape index (κ1) is 21.2. The monoisotopic (exact) mass is 397 g/mol. The smallest absolute Gasteiger partial charge is 0.310 e. The molecule has 1 saturated heterocycles. The van der Waals surface area contributed by atoms with Crippen LogP contribution in [-0.2, 0) is 14.8 Å². The number of amides is 1. The normalized spacial score (nSPS) is 15.2. The van der Waals surface area contributed by atoms with Gasteiger partial charge in [-0.2, -0.15) is 0 Å². The van der Waals surface area contributed by atoms with Crippen molar-refractivity contribution in [1.29, 1.82) is 0 Å². The molecule has 150 valence electrons. The van der Waals surface area contributed by atoms with E-state index in [2.05, 4.69) is 5.32 Å². The highest BCUT2D eigenvalue weighted by molar-refractivity contribution is 7.89. The summed E-state index contributed by atoms with van der Waals surface area (Å²) in [6.07, 6.45) is 2.01. The molecule has 1 aliphatic rings. The van der Waals surface area contributed by atoms with Crippen LogP contribution in [0.15, 0.2) is 23.1 Å². The third-order valence-corrected chi connectivity index (χ3v) is 6.52. The Kier molecular flexibility index (Phi) is 6.16. The number of sulfonamides is 1. The zero-order valence-corrected chi connectivity index (χ0v) is 17.0. The van der Waals surface area contributed by atoms with Crippen molar-refractivity contribution in [2.75, 3.05) is 38.6 Å². The van der Waals surface area contributed by atoms with Gasteiger partial charge in [-0.15, -0.1) is 0 Å². The second-order valence-corrected chi connectivity index (χ2v) is 9.68. The summed E-state index contributed by atoms with van der Waals surface area (Å²) in [5.74, 6) is -1.51. The SMILES string of the molecule is CN(C)S(=O)(=O)c1ccc(N2CCCC2)c(C(=O)NCC(C)(C)C(=O)O)c1. The summed E-state index contributed by atoms with van der Waals surface area (Å²) in [7, 11) is -0.830. The van der Waals surface area contributed by atoms with Crippen LogP contribution >= 0.6 is 0 Å². The van der Waals surface area contributed by atoms with Gasteiger partial charge < -0.3 is 15.3 Å². The van der Waals surface area contributed by atoms with Gasteiger partial charge in [0.2, 0.25) is 10.0 Å². The van der Waals surface area contributed by atoms with Crippen molar-refractivity contribution in [1.82, 2.24) is 9.62 Å². The van der Waals surface area contributed by atoms with Crippen molar-refractivity contribution >= 4 is 27.6 Å². The van der Waals surface area contributed by atoms with E-state index in [-0.39, 0.29) is 17.0 Å². The van der Waals surface area contributed by atoms with Crippen LogP contribution in [0.25, 0.3) is 0 Å². The highest BCUT2D eigenvalue weighted by atomic mass is 32.2. The van der Waals surface area contributed by atoms with Crippen molar-refractivity contribution in [3.05, 3.63) is 23.8 Å². The maximum atomic E-state index is 12.8. The number of carbonyl (C=O) groups excluding carboxylic acids is 1. The standard InChI is InChI=1S/C18H27N3O5S/c1-18(2,17(23)24)12-19-16(22)14-11-13(27(25,26)20(3)4)7-8-15(14)21-9-5-6-10-21/h7-8,11H,5-6,9-10,12H2,1-4H3,(H,19,22)(H,23,24). The fourth-order valence-corrected chi connectivity index (χ4v) is 3.70. The molecular formula is C18H27N3O5S. The second-order valence-electron chi connectivity index (χ2n) is 7.53. The lowest BCUT2D eigenvalue weighted by atomic mass is 9.94. The number of rotatable bonds is 7. The minimum atomic E-state index is -3.69. The molecule has 0 bridgehead atoms. The number of hydrogen-bond acceptors (Lipinski definition) is 5. The van der Waals surface area contributed by atoms with Gasteiger partial charge in [0.05, 0.1) is 15.9 Å². The van der Waals surface area contributed by atoms with Crippen molar-refractivity contribution in [3.8, 4) is 0 Å². The highest BCUT2D eigenvalue weighted by Crippen LogP contribution is 2.28. The predicted molar refractivity (Wildman–Crippen MR) is 103 cm³/mol. The van der Waals surface area contributed by atoms with E-state index >= 15 is 0 Å². The first-order valence-electron chi connectivity index (χ1n) is 8.80. The number of carboxylic acid groups (broad SMARTS) is 1. The largest absolute Gasteiger partial charge is 0.481 e. The van der Waals surface area contributed by atoms with Gasteiger partial charge in [-0.25, -0.2) is 12.7 Å². The number of nitrogens with one attached hydrogen (secondary N) is 1. The van der Waals surface area contributed by atoms with Crippen molar-refractivity contribution in [2.24, 2.45) is 5.41 Å². The molecule has 0 aliphatic carbocycles. The third-order valence-electron chi connectivity index (χ3n) is 4.71. The Hall–Kier alpha value is -2.13. The molecule has 1 fully saturated rings. The zero-order chi connectivity index (χ0) is 20.4. The lowest BCUT2D eigenvalue weighted by Gasteiger charge is -2.24. The number of hydrogen-bond donors (Lipinski definition) is 2. The average Bonchev–Trinajstić information content (AvgIpc) is 3.13. The van der Waals surface area contributed by atoms with E-state index in [1.165, 1.54) is 40.1 Å². The molecule has 1 aromatic rings. The van der Waals surface area contributed by atoms with Crippen LogP contribution in [0.5, 0.6) is 0 Å². The summed E-state index contributed by atoms with van der Waals surface area (Å²) in [5.41, 5.74) is -0.228. The lowest BCUT2D eigenvalue weighted by molar-refractivity contribution is -0.146. The van der Waals surface area contributed by atoms with Gasteiger partial charge in [-0.1, -0.05) is 0 Å². The molecule has 0 unspecified atom stereocenters. The highest BCUT2D eigenvalue weighted by Gasteiger charge is 2.29. The minimum absolute atomic E-state index is 0.0260. The van der Waals surface area contributed by atoms with E-state index < -0.39 is 27.3 Å². The minimum Gasteiger partial charge on any atom is -0.481 e. The summed E-state index contributed by atoms with van der Waals surface area (Å²) < 4.78 is 26.0. The molecule has 0 spiro atoms. The summed E-state index contributed by atoms with van der Waals surface area (Å²) in [5, 5.41) is 11.9. The number of anilines is 1. The zero-order valence-electron chi connectivity index (χ0n) is 16.2. The van der Waals surface area contributed by atoms with Gasteiger partial charge in [0, 0.05) is 39.4 Å². The van der Waals surface area contributed by atoms with E-state index in [0.29, 0.717) is 5.69 Å². The van der Waals surface area contributed by atoms with Crippen LogP contribution < -0.4 is 10.2 Å². The predicted octanol–water partition coefficient (Wildman–Crippen LogP) is 1.38. The fourth-order valence-electron chi connectivity index (χ4n) is 2.77. The fraction of sp³-hybridized carbons (Fsp3) is 0.556. The van der Waals surface area contributed by atoms with Gasteiger partial charge in [0.15, 0.2) is 0 Å². The number of nitrogens with zero attached hydrogens (tertiary/aromatic N) is 2. The number of aliphatic carboxylic acids is 1. The Bertz CT molecular complexity index is 827. The van der Waals surface area contributed by atoms with E-state index in [9.17, 15) is 23.1 Å². The van der Waals surface area contributed by atoms with Gasteiger partial charge in [0.1, 0.15) is 0 Å². The Morgan fingerprint density at radius 1 is 1.22 bits per heavy atom. The molecule has 0 radical (unpaired) electrons. The van der Waals surface area contributed by atoms with Crippen LogP contribution in [0.1, 0.15) is 37.0 Å². The Balaban J connectivity index is 2.40. The van der Waals surface area contributed by atoms with Crippen LogP contribution in [-0.4, -0.2) is 63.4 Å².